The van der Waals surface area contributed by atoms with Gasteiger partial charge in [0.2, 0.25) is 0 Å². The smallest absolute Gasteiger partial charge is 0.138 e. The molecule has 142 valence electrons. The van der Waals surface area contributed by atoms with Crippen molar-refractivity contribution >= 4 is 28.3 Å². The zero-order valence-electron chi connectivity index (χ0n) is 15.1. The summed E-state index contributed by atoms with van der Waals surface area (Å²) in [4.78, 5) is 9.32. The first-order valence-electron chi connectivity index (χ1n) is 9.16. The van der Waals surface area contributed by atoms with Crippen LogP contribution in [0.2, 0.25) is 5.02 Å². The van der Waals surface area contributed by atoms with E-state index in [9.17, 15) is 10.2 Å². The fourth-order valence-corrected chi connectivity index (χ4v) is 3.86. The largest absolute Gasteiger partial charge is 0.506 e. The molecule has 6 nitrogen and oxygen atoms in total. The van der Waals surface area contributed by atoms with Gasteiger partial charge in [-0.1, -0.05) is 23.7 Å². The van der Waals surface area contributed by atoms with Crippen molar-refractivity contribution in [3.05, 3.63) is 53.3 Å². The number of para-hydroxylation sites is 2. The van der Waals surface area contributed by atoms with E-state index in [1.54, 1.807) is 6.07 Å². The van der Waals surface area contributed by atoms with Gasteiger partial charge >= 0.3 is 0 Å². The van der Waals surface area contributed by atoms with Gasteiger partial charge in [0.1, 0.15) is 11.6 Å². The Kier molecular flexibility index (Phi) is 5.20. The molecule has 2 heterocycles. The number of fused-ring (bicyclic) bond motifs is 1. The Hall–Kier alpha value is -2.28. The second-order valence-electron chi connectivity index (χ2n) is 6.79. The van der Waals surface area contributed by atoms with Crippen LogP contribution in [0.4, 0.5) is 5.69 Å². The van der Waals surface area contributed by atoms with E-state index in [2.05, 4.69) is 14.4 Å². The molecule has 1 saturated heterocycles. The molecule has 2 N–H and O–H groups in total. The summed E-state index contributed by atoms with van der Waals surface area (Å²) in [7, 11) is 0. The minimum atomic E-state index is 0.0615. The molecule has 1 aromatic heterocycles. The second kappa shape index (κ2) is 7.76. The monoisotopic (exact) mass is 386 g/mol. The van der Waals surface area contributed by atoms with Crippen LogP contribution in [0.25, 0.3) is 11.0 Å². The Labute approximate surface area is 163 Å². The van der Waals surface area contributed by atoms with Crippen LogP contribution in [0.15, 0.2) is 42.5 Å². The molecule has 27 heavy (non-hydrogen) atoms. The van der Waals surface area contributed by atoms with Crippen molar-refractivity contribution in [1.29, 1.82) is 0 Å². The number of phenolic OH excluding ortho intramolecular Hbond substituents is 1. The summed E-state index contributed by atoms with van der Waals surface area (Å²) in [5.74, 6) is 1.27. The number of hydrogen-bond donors (Lipinski definition) is 2. The highest BCUT2D eigenvalue weighted by Crippen LogP contribution is 2.28. The molecular formula is C20H23ClN4O2. The highest BCUT2D eigenvalue weighted by molar-refractivity contribution is 6.31. The predicted octanol–water partition coefficient (Wildman–Crippen LogP) is 2.71. The first-order chi connectivity index (χ1) is 13.2. The fourth-order valence-electron chi connectivity index (χ4n) is 3.69. The van der Waals surface area contributed by atoms with E-state index in [0.717, 1.165) is 55.3 Å². The Morgan fingerprint density at radius 2 is 1.81 bits per heavy atom. The lowest BCUT2D eigenvalue weighted by atomic mass is 10.2. The number of aromatic hydroxyl groups is 1. The molecule has 0 aliphatic carbocycles. The molecule has 0 bridgehead atoms. The van der Waals surface area contributed by atoms with E-state index in [4.69, 9.17) is 16.6 Å². The van der Waals surface area contributed by atoms with Crippen LogP contribution in [0.5, 0.6) is 5.75 Å². The van der Waals surface area contributed by atoms with Gasteiger partial charge in [-0.2, -0.15) is 0 Å². The van der Waals surface area contributed by atoms with Crippen LogP contribution >= 0.6 is 11.6 Å². The number of hydrogen-bond acceptors (Lipinski definition) is 5. The predicted molar refractivity (Wildman–Crippen MR) is 107 cm³/mol. The average Bonchev–Trinajstić information content (AvgIpc) is 3.00. The maximum atomic E-state index is 10.1. The van der Waals surface area contributed by atoms with E-state index in [-0.39, 0.29) is 6.61 Å². The second-order valence-corrected chi connectivity index (χ2v) is 7.22. The third kappa shape index (κ3) is 3.74. The molecule has 4 rings (SSSR count). The van der Waals surface area contributed by atoms with E-state index < -0.39 is 0 Å². The van der Waals surface area contributed by atoms with E-state index in [1.165, 1.54) is 0 Å². The van der Waals surface area contributed by atoms with E-state index >= 15 is 0 Å². The van der Waals surface area contributed by atoms with Crippen molar-refractivity contribution in [3.8, 4) is 5.75 Å². The summed E-state index contributed by atoms with van der Waals surface area (Å²) >= 11 is 6.14. The lowest BCUT2D eigenvalue weighted by molar-refractivity contribution is 0.234. The number of rotatable bonds is 5. The SMILES string of the molecule is OCCn1c(CN2CCN(c3ccccc3O)CC2)nc2ccc(Cl)cc21. The maximum absolute atomic E-state index is 10.1. The summed E-state index contributed by atoms with van der Waals surface area (Å²) in [5.41, 5.74) is 2.74. The first kappa shape index (κ1) is 18.1. The van der Waals surface area contributed by atoms with Crippen molar-refractivity contribution in [3.63, 3.8) is 0 Å². The number of phenols is 1. The molecule has 3 aromatic rings. The van der Waals surface area contributed by atoms with Crippen molar-refractivity contribution in [2.75, 3.05) is 37.7 Å². The third-order valence-corrected chi connectivity index (χ3v) is 5.31. The zero-order valence-corrected chi connectivity index (χ0v) is 15.8. The highest BCUT2D eigenvalue weighted by atomic mass is 35.5. The number of aliphatic hydroxyl groups is 1. The number of piperazine rings is 1. The number of aromatic nitrogens is 2. The highest BCUT2D eigenvalue weighted by Gasteiger charge is 2.21. The summed E-state index contributed by atoms with van der Waals surface area (Å²) < 4.78 is 2.05. The lowest BCUT2D eigenvalue weighted by Crippen LogP contribution is -2.46. The van der Waals surface area contributed by atoms with Crippen LogP contribution in [-0.2, 0) is 13.1 Å². The number of anilines is 1. The van der Waals surface area contributed by atoms with Gasteiger partial charge in [-0.05, 0) is 30.3 Å². The van der Waals surface area contributed by atoms with E-state index in [1.807, 2.05) is 36.4 Å². The van der Waals surface area contributed by atoms with Gasteiger partial charge in [-0.25, -0.2) is 4.98 Å². The first-order valence-corrected chi connectivity index (χ1v) is 9.54. The Bertz CT molecular complexity index is 935. The quantitative estimate of drug-likeness (QED) is 0.705. The molecule has 0 spiro atoms. The molecular weight excluding hydrogens is 364 g/mol. The maximum Gasteiger partial charge on any atom is 0.138 e. The zero-order chi connectivity index (χ0) is 18.8. The number of imidazole rings is 1. The minimum absolute atomic E-state index is 0.0615. The molecule has 1 aliphatic heterocycles. The van der Waals surface area contributed by atoms with Crippen LogP contribution in [0, 0.1) is 0 Å². The lowest BCUT2D eigenvalue weighted by Gasteiger charge is -2.36. The number of halogens is 1. The van der Waals surface area contributed by atoms with Gasteiger partial charge in [0.15, 0.2) is 0 Å². The molecule has 0 atom stereocenters. The minimum Gasteiger partial charge on any atom is -0.506 e. The topological polar surface area (TPSA) is 64.8 Å². The molecule has 0 saturated carbocycles. The normalized spacial score (nSPS) is 15.6. The Morgan fingerprint density at radius 1 is 1.04 bits per heavy atom. The third-order valence-electron chi connectivity index (χ3n) is 5.07. The van der Waals surface area contributed by atoms with Crippen LogP contribution in [0.3, 0.4) is 0 Å². The van der Waals surface area contributed by atoms with Gasteiger partial charge in [0.05, 0.1) is 29.9 Å². The molecule has 0 unspecified atom stereocenters. The average molecular weight is 387 g/mol. The molecule has 0 radical (unpaired) electrons. The summed E-state index contributed by atoms with van der Waals surface area (Å²) in [6.45, 7) is 4.76. The van der Waals surface area contributed by atoms with Gasteiger partial charge in [-0.15, -0.1) is 0 Å². The summed E-state index contributed by atoms with van der Waals surface area (Å²) in [5, 5.41) is 20.2. The molecule has 1 fully saturated rings. The fraction of sp³-hybridized carbons (Fsp3) is 0.350. The van der Waals surface area contributed by atoms with Crippen molar-refractivity contribution in [2.45, 2.75) is 13.1 Å². The van der Waals surface area contributed by atoms with Crippen molar-refractivity contribution in [1.82, 2.24) is 14.5 Å². The molecule has 7 heteroatoms. The van der Waals surface area contributed by atoms with Gasteiger partial charge in [-0.3, -0.25) is 4.90 Å². The van der Waals surface area contributed by atoms with Crippen molar-refractivity contribution < 1.29 is 10.2 Å². The van der Waals surface area contributed by atoms with Crippen LogP contribution in [0.1, 0.15) is 5.82 Å². The molecule has 0 amide bonds. The number of nitrogens with zero attached hydrogens (tertiary/aromatic N) is 4. The summed E-state index contributed by atoms with van der Waals surface area (Å²) in [6, 6.07) is 13.1. The van der Waals surface area contributed by atoms with Gasteiger partial charge in [0.25, 0.3) is 0 Å². The molecule has 1 aliphatic rings. The van der Waals surface area contributed by atoms with Crippen molar-refractivity contribution in [2.24, 2.45) is 0 Å². The summed E-state index contributed by atoms with van der Waals surface area (Å²) in [6.07, 6.45) is 0. The van der Waals surface area contributed by atoms with E-state index in [0.29, 0.717) is 17.3 Å². The molecule has 2 aromatic carbocycles. The van der Waals surface area contributed by atoms with Gasteiger partial charge < -0.3 is 19.7 Å². The van der Waals surface area contributed by atoms with Crippen LogP contribution < -0.4 is 4.90 Å². The van der Waals surface area contributed by atoms with Gasteiger partial charge in [0, 0.05) is 37.7 Å². The van der Waals surface area contributed by atoms with Crippen LogP contribution in [-0.4, -0.2) is 57.4 Å². The number of benzene rings is 2. The Morgan fingerprint density at radius 3 is 2.56 bits per heavy atom. The Balaban J connectivity index is 1.49. The standard InChI is InChI=1S/C20H23ClN4O2/c21-15-5-6-16-18(13-15)25(11-12-26)20(22-16)14-23-7-9-24(10-8-23)17-3-1-2-4-19(17)27/h1-6,13,26-27H,7-12,14H2. The number of aliphatic hydroxyl groups excluding tert-OH is 1.